The van der Waals surface area contributed by atoms with Crippen LogP contribution in [0.4, 0.5) is 0 Å². The molecule has 70 valence electrons. The van der Waals surface area contributed by atoms with E-state index >= 15 is 0 Å². The van der Waals surface area contributed by atoms with Gasteiger partial charge in [-0.25, -0.2) is 0 Å². The van der Waals surface area contributed by atoms with Crippen LogP contribution in [0.5, 0.6) is 0 Å². The van der Waals surface area contributed by atoms with Gasteiger partial charge in [-0.05, 0) is 29.6 Å². The van der Waals surface area contributed by atoms with Crippen LogP contribution < -0.4 is 0 Å². The molecule has 1 aliphatic rings. The van der Waals surface area contributed by atoms with E-state index < -0.39 is 0 Å². The average Bonchev–Trinajstić information content (AvgIpc) is 1.82. The Kier molecular flexibility index (Phi) is 2.65. The smallest absolute Gasteiger partial charge is 0.0142 e. The van der Waals surface area contributed by atoms with E-state index in [1.165, 1.54) is 6.42 Å². The van der Waals surface area contributed by atoms with Crippen molar-refractivity contribution in [3.8, 4) is 0 Å². The Morgan fingerprint density at radius 1 is 1.33 bits per heavy atom. The van der Waals surface area contributed by atoms with Gasteiger partial charge in [0.25, 0.3) is 0 Å². The highest BCUT2D eigenvalue weighted by atomic mass is 14.4. The number of rotatable bonds is 1. The molecule has 1 rings (SSSR count). The SMILES string of the molecule is CC(C)C1C(C)CC=CC1(C)C. The van der Waals surface area contributed by atoms with Gasteiger partial charge >= 0.3 is 0 Å². The quantitative estimate of drug-likeness (QED) is 0.519. The largest absolute Gasteiger partial charge is 0.0877 e. The van der Waals surface area contributed by atoms with Gasteiger partial charge in [-0.3, -0.25) is 0 Å². The van der Waals surface area contributed by atoms with Crippen LogP contribution in [0.2, 0.25) is 0 Å². The van der Waals surface area contributed by atoms with Crippen molar-refractivity contribution in [3.63, 3.8) is 0 Å². The predicted molar refractivity (Wildman–Crippen MR) is 55.0 cm³/mol. The molecule has 0 aromatic rings. The number of hydrogen-bond donors (Lipinski definition) is 0. The topological polar surface area (TPSA) is 0 Å². The van der Waals surface area contributed by atoms with Crippen molar-refractivity contribution in [2.75, 3.05) is 0 Å². The van der Waals surface area contributed by atoms with Gasteiger partial charge in [0, 0.05) is 0 Å². The highest BCUT2D eigenvalue weighted by Crippen LogP contribution is 2.43. The molecule has 0 heteroatoms. The summed E-state index contributed by atoms with van der Waals surface area (Å²) in [5, 5.41) is 0. The first-order valence-corrected chi connectivity index (χ1v) is 5.13. The maximum absolute atomic E-state index is 2.40. The second-order valence-corrected chi connectivity index (χ2v) is 5.21. The summed E-state index contributed by atoms with van der Waals surface area (Å²) in [6.45, 7) is 11.8. The Balaban J connectivity index is 2.86. The molecule has 0 nitrogen and oxygen atoms in total. The van der Waals surface area contributed by atoms with E-state index in [0.717, 1.165) is 17.8 Å². The minimum Gasteiger partial charge on any atom is -0.0877 e. The summed E-state index contributed by atoms with van der Waals surface area (Å²) in [4.78, 5) is 0. The van der Waals surface area contributed by atoms with Crippen LogP contribution in [-0.4, -0.2) is 0 Å². The normalized spacial score (nSPS) is 34.2. The average molecular weight is 166 g/mol. The molecule has 0 saturated carbocycles. The van der Waals surface area contributed by atoms with E-state index in [0.29, 0.717) is 5.41 Å². The molecule has 0 fully saturated rings. The van der Waals surface area contributed by atoms with Crippen molar-refractivity contribution in [2.45, 2.75) is 41.0 Å². The minimum absolute atomic E-state index is 0.409. The molecular formula is C12H22. The van der Waals surface area contributed by atoms with Crippen LogP contribution in [0.15, 0.2) is 12.2 Å². The second kappa shape index (κ2) is 3.24. The third kappa shape index (κ3) is 1.73. The molecule has 0 spiro atoms. The number of hydrogen-bond acceptors (Lipinski definition) is 0. The van der Waals surface area contributed by atoms with E-state index in [2.05, 4.69) is 46.8 Å². The summed E-state index contributed by atoms with van der Waals surface area (Å²) in [5.41, 5.74) is 0.409. The number of allylic oxidation sites excluding steroid dienone is 2. The molecule has 2 unspecified atom stereocenters. The molecule has 12 heavy (non-hydrogen) atoms. The maximum Gasteiger partial charge on any atom is -0.0142 e. The molecule has 2 atom stereocenters. The highest BCUT2D eigenvalue weighted by Gasteiger charge is 2.35. The van der Waals surface area contributed by atoms with E-state index in [1.54, 1.807) is 0 Å². The molecule has 0 aliphatic heterocycles. The van der Waals surface area contributed by atoms with E-state index in [4.69, 9.17) is 0 Å². The van der Waals surface area contributed by atoms with E-state index in [-0.39, 0.29) is 0 Å². The van der Waals surface area contributed by atoms with Gasteiger partial charge in [0.1, 0.15) is 0 Å². The fourth-order valence-corrected chi connectivity index (χ4v) is 3.09. The zero-order valence-corrected chi connectivity index (χ0v) is 9.09. The lowest BCUT2D eigenvalue weighted by molar-refractivity contribution is 0.129. The first kappa shape index (κ1) is 9.83. The van der Waals surface area contributed by atoms with Crippen molar-refractivity contribution >= 4 is 0 Å². The van der Waals surface area contributed by atoms with Crippen molar-refractivity contribution in [3.05, 3.63) is 12.2 Å². The van der Waals surface area contributed by atoms with Crippen LogP contribution in [-0.2, 0) is 0 Å². The van der Waals surface area contributed by atoms with Crippen molar-refractivity contribution in [1.29, 1.82) is 0 Å². The lowest BCUT2D eigenvalue weighted by Crippen LogP contribution is -2.34. The van der Waals surface area contributed by atoms with Crippen LogP contribution in [0, 0.1) is 23.2 Å². The summed E-state index contributed by atoms with van der Waals surface area (Å²) in [5.74, 6) is 2.51. The molecule has 0 saturated heterocycles. The standard InChI is InChI=1S/C12H22/c1-9(2)11-10(3)7-6-8-12(11,4)5/h6,8-11H,7H2,1-5H3. The van der Waals surface area contributed by atoms with Crippen LogP contribution in [0.3, 0.4) is 0 Å². The van der Waals surface area contributed by atoms with Crippen molar-refractivity contribution in [2.24, 2.45) is 23.2 Å². The summed E-state index contributed by atoms with van der Waals surface area (Å²) in [6.07, 6.45) is 6.02. The highest BCUT2D eigenvalue weighted by molar-refractivity contribution is 5.05. The fourth-order valence-electron chi connectivity index (χ4n) is 3.09. The first-order chi connectivity index (χ1) is 5.45. The summed E-state index contributed by atoms with van der Waals surface area (Å²) in [7, 11) is 0. The van der Waals surface area contributed by atoms with Crippen molar-refractivity contribution < 1.29 is 0 Å². The monoisotopic (exact) mass is 166 g/mol. The van der Waals surface area contributed by atoms with E-state index in [9.17, 15) is 0 Å². The zero-order valence-electron chi connectivity index (χ0n) is 9.09. The zero-order chi connectivity index (χ0) is 9.35. The Labute approximate surface area is 77.1 Å². The molecule has 0 heterocycles. The van der Waals surface area contributed by atoms with E-state index in [1.807, 2.05) is 0 Å². The molecule has 0 amide bonds. The molecule has 0 aromatic carbocycles. The Bertz CT molecular complexity index is 174. The molecule has 0 bridgehead atoms. The van der Waals surface area contributed by atoms with Crippen LogP contribution >= 0.6 is 0 Å². The third-order valence-corrected chi connectivity index (χ3v) is 3.25. The Hall–Kier alpha value is -0.260. The van der Waals surface area contributed by atoms with Gasteiger partial charge in [-0.2, -0.15) is 0 Å². The lowest BCUT2D eigenvalue weighted by atomic mass is 9.63. The molecular weight excluding hydrogens is 144 g/mol. The minimum atomic E-state index is 0.409. The molecule has 0 aromatic heterocycles. The summed E-state index contributed by atoms with van der Waals surface area (Å²) >= 11 is 0. The van der Waals surface area contributed by atoms with Gasteiger partial charge < -0.3 is 0 Å². The molecule has 0 N–H and O–H groups in total. The molecule has 1 aliphatic carbocycles. The second-order valence-electron chi connectivity index (χ2n) is 5.21. The fraction of sp³-hybridized carbons (Fsp3) is 0.833. The van der Waals surface area contributed by atoms with Gasteiger partial charge in [-0.15, -0.1) is 0 Å². The van der Waals surface area contributed by atoms with Crippen molar-refractivity contribution in [1.82, 2.24) is 0 Å². The first-order valence-electron chi connectivity index (χ1n) is 5.13. The lowest BCUT2D eigenvalue weighted by Gasteiger charge is -2.42. The third-order valence-electron chi connectivity index (χ3n) is 3.25. The van der Waals surface area contributed by atoms with Crippen LogP contribution in [0.25, 0.3) is 0 Å². The Morgan fingerprint density at radius 3 is 2.25 bits per heavy atom. The van der Waals surface area contributed by atoms with Crippen LogP contribution in [0.1, 0.15) is 41.0 Å². The van der Waals surface area contributed by atoms with Gasteiger partial charge in [-0.1, -0.05) is 46.8 Å². The molecule has 0 radical (unpaired) electrons. The predicted octanol–water partition coefficient (Wildman–Crippen LogP) is 3.88. The maximum atomic E-state index is 2.40. The Morgan fingerprint density at radius 2 is 1.92 bits per heavy atom. The van der Waals surface area contributed by atoms with Gasteiger partial charge in [0.15, 0.2) is 0 Å². The summed E-state index contributed by atoms with van der Waals surface area (Å²) in [6, 6.07) is 0. The van der Waals surface area contributed by atoms with Gasteiger partial charge in [0.2, 0.25) is 0 Å². The van der Waals surface area contributed by atoms with Gasteiger partial charge in [0.05, 0.1) is 0 Å². The summed E-state index contributed by atoms with van der Waals surface area (Å²) < 4.78 is 0.